The number of amides is 1. The second-order valence-corrected chi connectivity index (χ2v) is 5.70. The second kappa shape index (κ2) is 7.95. The van der Waals surface area contributed by atoms with Gasteiger partial charge in [-0.2, -0.15) is 0 Å². The average molecular weight is 263 g/mol. The number of ether oxygens (including phenoxy) is 1. The van der Waals surface area contributed by atoms with E-state index in [2.05, 4.69) is 43.4 Å². The van der Waals surface area contributed by atoms with Crippen LogP contribution in [0.25, 0.3) is 0 Å². The van der Waals surface area contributed by atoms with Crippen molar-refractivity contribution in [1.82, 2.24) is 5.32 Å². The molecule has 0 spiro atoms. The Bertz CT molecular complexity index is 374. The molecule has 1 amide bonds. The highest BCUT2D eigenvalue weighted by molar-refractivity contribution is 5.75. The molecule has 1 N–H and O–H groups in total. The van der Waals surface area contributed by atoms with Crippen LogP contribution in [-0.2, 0) is 16.0 Å². The van der Waals surface area contributed by atoms with Crippen LogP contribution >= 0.6 is 0 Å². The summed E-state index contributed by atoms with van der Waals surface area (Å²) in [5.41, 5.74) is 1.37. The number of hydrogen-bond donors (Lipinski definition) is 1. The van der Waals surface area contributed by atoms with E-state index in [1.54, 1.807) is 7.11 Å². The molecule has 3 nitrogen and oxygen atoms in total. The lowest BCUT2D eigenvalue weighted by atomic mass is 9.85. The SMILES string of the molecule is COCCCC(=O)NCC(C)(C)Cc1ccccc1. The monoisotopic (exact) mass is 263 g/mol. The van der Waals surface area contributed by atoms with Crippen molar-refractivity contribution in [3.05, 3.63) is 35.9 Å². The van der Waals surface area contributed by atoms with Gasteiger partial charge >= 0.3 is 0 Å². The van der Waals surface area contributed by atoms with Crippen LogP contribution in [0.4, 0.5) is 0 Å². The number of rotatable bonds is 8. The summed E-state index contributed by atoms with van der Waals surface area (Å²) < 4.78 is 4.94. The fourth-order valence-electron chi connectivity index (χ4n) is 2.01. The van der Waals surface area contributed by atoms with Gasteiger partial charge in [0.15, 0.2) is 0 Å². The molecule has 0 atom stereocenters. The molecule has 0 saturated carbocycles. The van der Waals surface area contributed by atoms with Gasteiger partial charge in [0.05, 0.1) is 0 Å². The largest absolute Gasteiger partial charge is 0.385 e. The Hall–Kier alpha value is -1.35. The summed E-state index contributed by atoms with van der Waals surface area (Å²) in [4.78, 5) is 11.7. The molecule has 0 saturated heterocycles. The Morgan fingerprint density at radius 3 is 2.58 bits per heavy atom. The Kier molecular flexibility index (Phi) is 6.57. The van der Waals surface area contributed by atoms with Crippen LogP contribution in [0.5, 0.6) is 0 Å². The first-order chi connectivity index (χ1) is 9.03. The number of methoxy groups -OCH3 is 1. The van der Waals surface area contributed by atoms with E-state index in [1.807, 2.05) is 6.07 Å². The Morgan fingerprint density at radius 1 is 1.26 bits per heavy atom. The molecule has 0 aliphatic carbocycles. The van der Waals surface area contributed by atoms with Gasteiger partial charge in [-0.15, -0.1) is 0 Å². The first-order valence-corrected chi connectivity index (χ1v) is 6.83. The molecule has 0 radical (unpaired) electrons. The zero-order valence-electron chi connectivity index (χ0n) is 12.2. The van der Waals surface area contributed by atoms with Crippen LogP contribution in [0.1, 0.15) is 32.3 Å². The lowest BCUT2D eigenvalue weighted by Gasteiger charge is -2.25. The van der Waals surface area contributed by atoms with Gasteiger partial charge in [-0.1, -0.05) is 44.2 Å². The Labute approximate surface area is 116 Å². The zero-order valence-corrected chi connectivity index (χ0v) is 12.2. The maximum absolute atomic E-state index is 11.7. The van der Waals surface area contributed by atoms with Gasteiger partial charge in [0, 0.05) is 26.7 Å². The van der Waals surface area contributed by atoms with Crippen molar-refractivity contribution in [1.29, 1.82) is 0 Å². The standard InChI is InChI=1S/C16H25NO2/c1-16(2,12-14-8-5-4-6-9-14)13-17-15(18)10-7-11-19-3/h4-6,8-9H,7,10-13H2,1-3H3,(H,17,18). The molecule has 1 aromatic rings. The average Bonchev–Trinajstić information content (AvgIpc) is 2.38. The predicted molar refractivity (Wildman–Crippen MR) is 78.0 cm³/mol. The van der Waals surface area contributed by atoms with Crippen molar-refractivity contribution >= 4 is 5.91 Å². The lowest BCUT2D eigenvalue weighted by Crippen LogP contribution is -2.35. The minimum Gasteiger partial charge on any atom is -0.385 e. The quantitative estimate of drug-likeness (QED) is 0.732. The van der Waals surface area contributed by atoms with Crippen molar-refractivity contribution in [2.45, 2.75) is 33.1 Å². The molecule has 106 valence electrons. The maximum atomic E-state index is 11.7. The first-order valence-electron chi connectivity index (χ1n) is 6.83. The van der Waals surface area contributed by atoms with Crippen LogP contribution in [0.15, 0.2) is 30.3 Å². The molecule has 19 heavy (non-hydrogen) atoms. The molecule has 3 heteroatoms. The van der Waals surface area contributed by atoms with Crippen LogP contribution < -0.4 is 5.32 Å². The summed E-state index contributed by atoms with van der Waals surface area (Å²) in [6.07, 6.45) is 2.28. The number of benzene rings is 1. The molecule has 0 aliphatic rings. The van der Waals surface area contributed by atoms with Gasteiger partial charge < -0.3 is 10.1 Å². The van der Waals surface area contributed by atoms with E-state index in [-0.39, 0.29) is 11.3 Å². The van der Waals surface area contributed by atoms with Gasteiger partial charge in [-0.25, -0.2) is 0 Å². The Balaban J connectivity index is 2.32. The number of hydrogen-bond acceptors (Lipinski definition) is 2. The van der Waals surface area contributed by atoms with Crippen LogP contribution in [0, 0.1) is 5.41 Å². The van der Waals surface area contributed by atoms with E-state index < -0.39 is 0 Å². The van der Waals surface area contributed by atoms with Gasteiger partial charge in [-0.05, 0) is 23.8 Å². The molecule has 0 heterocycles. The van der Waals surface area contributed by atoms with E-state index in [0.717, 1.165) is 12.8 Å². The van der Waals surface area contributed by atoms with Gasteiger partial charge in [0.2, 0.25) is 5.91 Å². The van der Waals surface area contributed by atoms with Crippen molar-refractivity contribution in [2.75, 3.05) is 20.3 Å². The molecule has 0 aromatic heterocycles. The third kappa shape index (κ3) is 6.97. The van der Waals surface area contributed by atoms with Crippen molar-refractivity contribution in [3.8, 4) is 0 Å². The fourth-order valence-corrected chi connectivity index (χ4v) is 2.01. The van der Waals surface area contributed by atoms with Gasteiger partial charge in [0.25, 0.3) is 0 Å². The highest BCUT2D eigenvalue weighted by Crippen LogP contribution is 2.20. The summed E-state index contributed by atoms with van der Waals surface area (Å²) in [5, 5.41) is 3.01. The minimum absolute atomic E-state index is 0.0677. The predicted octanol–water partition coefficient (Wildman–Crippen LogP) is 2.80. The fraction of sp³-hybridized carbons (Fsp3) is 0.562. The molecule has 1 rings (SSSR count). The summed E-state index contributed by atoms with van der Waals surface area (Å²) in [6.45, 7) is 5.69. The molecule has 0 unspecified atom stereocenters. The third-order valence-electron chi connectivity index (χ3n) is 3.04. The Morgan fingerprint density at radius 2 is 1.95 bits per heavy atom. The molecule has 0 bridgehead atoms. The van der Waals surface area contributed by atoms with Crippen LogP contribution in [0.3, 0.4) is 0 Å². The zero-order chi connectivity index (χ0) is 14.1. The summed E-state index contributed by atoms with van der Waals surface area (Å²) in [6, 6.07) is 10.4. The topological polar surface area (TPSA) is 38.3 Å². The van der Waals surface area contributed by atoms with Gasteiger partial charge in [0.1, 0.15) is 0 Å². The number of carbonyl (C=O) groups excluding carboxylic acids is 1. The highest BCUT2D eigenvalue weighted by Gasteiger charge is 2.19. The second-order valence-electron chi connectivity index (χ2n) is 5.70. The van der Waals surface area contributed by atoms with Crippen molar-refractivity contribution in [2.24, 2.45) is 5.41 Å². The molecule has 0 fully saturated rings. The third-order valence-corrected chi connectivity index (χ3v) is 3.04. The normalized spacial score (nSPS) is 11.3. The minimum atomic E-state index is 0.0677. The van der Waals surface area contributed by atoms with E-state index >= 15 is 0 Å². The van der Waals surface area contributed by atoms with E-state index in [4.69, 9.17) is 4.74 Å². The molecule has 1 aromatic carbocycles. The smallest absolute Gasteiger partial charge is 0.220 e. The van der Waals surface area contributed by atoms with Crippen LogP contribution in [0.2, 0.25) is 0 Å². The van der Waals surface area contributed by atoms with Crippen molar-refractivity contribution in [3.63, 3.8) is 0 Å². The van der Waals surface area contributed by atoms with Crippen molar-refractivity contribution < 1.29 is 9.53 Å². The summed E-state index contributed by atoms with van der Waals surface area (Å²) in [7, 11) is 1.65. The lowest BCUT2D eigenvalue weighted by molar-refractivity contribution is -0.121. The number of carbonyl (C=O) groups is 1. The van der Waals surface area contributed by atoms with E-state index in [0.29, 0.717) is 19.6 Å². The van der Waals surface area contributed by atoms with E-state index in [9.17, 15) is 4.79 Å². The summed E-state index contributed by atoms with van der Waals surface area (Å²) >= 11 is 0. The van der Waals surface area contributed by atoms with Gasteiger partial charge in [-0.3, -0.25) is 4.79 Å². The maximum Gasteiger partial charge on any atom is 0.220 e. The number of nitrogens with one attached hydrogen (secondary N) is 1. The molecular weight excluding hydrogens is 238 g/mol. The molecule has 0 aliphatic heterocycles. The van der Waals surface area contributed by atoms with E-state index in [1.165, 1.54) is 5.56 Å². The summed E-state index contributed by atoms with van der Waals surface area (Å²) in [5.74, 6) is 0.109. The van der Waals surface area contributed by atoms with Crippen LogP contribution in [-0.4, -0.2) is 26.2 Å². The highest BCUT2D eigenvalue weighted by atomic mass is 16.5. The molecular formula is C16H25NO2. The first kappa shape index (κ1) is 15.7.